The number of halogens is 2. The van der Waals surface area contributed by atoms with Crippen LogP contribution in [0.4, 0.5) is 23.3 Å². The molecule has 2 amide bonds. The van der Waals surface area contributed by atoms with Crippen molar-refractivity contribution in [2.24, 2.45) is 23.3 Å². The van der Waals surface area contributed by atoms with Crippen LogP contribution in [0.1, 0.15) is 70.4 Å². The first-order valence-electron chi connectivity index (χ1n) is 22.9. The molecule has 4 aliphatic heterocycles. The number of nitrogens with one attached hydrogen (secondary N) is 2. The topological polar surface area (TPSA) is 329 Å². The molecule has 376 valence electrons. The largest absolute Gasteiger partial charge is 0.493 e. The van der Waals surface area contributed by atoms with Crippen molar-refractivity contribution in [3.63, 3.8) is 0 Å². The molecule has 2 fully saturated rings. The van der Waals surface area contributed by atoms with Crippen molar-refractivity contribution in [3.05, 3.63) is 69.0 Å². The maximum atomic E-state index is 12.0. The Kier molecular flexibility index (Phi) is 18.5. The Hall–Kier alpha value is -5.68. The number of amides is 2. The second-order valence-corrected chi connectivity index (χ2v) is 18.3. The van der Waals surface area contributed by atoms with E-state index >= 15 is 0 Å². The van der Waals surface area contributed by atoms with Gasteiger partial charge in [0.2, 0.25) is 23.7 Å². The SMILES string of the molecule is COC1CN(CCCNc2nccc(O)n2)CCC1C1CCc2c(N)c(Cl)cc(C(N)=O)c2O1.COC1CN(CCCNc2nccc(O)n2)CCC1C1CCc2c(N)c(Cl)cc(C(N)=O)c2O1.O. The fourth-order valence-electron chi connectivity index (χ4n) is 9.75. The average Bonchev–Trinajstić information content (AvgIpc) is 3.33. The van der Waals surface area contributed by atoms with Crippen LogP contribution < -0.4 is 43.0 Å². The number of nitrogens with two attached hydrogens (primary N) is 4. The molecule has 0 saturated carbocycles. The Morgan fingerprint density at radius 1 is 0.725 bits per heavy atom. The van der Waals surface area contributed by atoms with Gasteiger partial charge in [-0.3, -0.25) is 9.59 Å². The summed E-state index contributed by atoms with van der Waals surface area (Å²) < 4.78 is 24.4. The van der Waals surface area contributed by atoms with Crippen molar-refractivity contribution in [1.29, 1.82) is 0 Å². The molecule has 6 heterocycles. The third kappa shape index (κ3) is 13.0. The van der Waals surface area contributed by atoms with E-state index in [0.717, 1.165) is 88.9 Å². The van der Waals surface area contributed by atoms with Crippen molar-refractivity contribution in [2.75, 3.05) is 88.7 Å². The highest BCUT2D eigenvalue weighted by Gasteiger charge is 2.41. The number of nitrogens with zero attached hydrogens (tertiary/aromatic N) is 6. The molecule has 8 rings (SSSR count). The van der Waals surface area contributed by atoms with Gasteiger partial charge in [-0.1, -0.05) is 23.2 Å². The molecular formula is C46H64Cl2N12O9. The number of hydrogen-bond donors (Lipinski definition) is 8. The Labute approximate surface area is 410 Å². The number of rotatable bonds is 16. The predicted molar refractivity (Wildman–Crippen MR) is 262 cm³/mol. The smallest absolute Gasteiger partial charge is 0.252 e. The van der Waals surface area contributed by atoms with E-state index < -0.39 is 11.8 Å². The minimum absolute atomic E-state index is 0. The molecule has 4 aromatic rings. The number of ether oxygens (including phenoxy) is 4. The maximum absolute atomic E-state index is 12.0. The monoisotopic (exact) mass is 998 g/mol. The second kappa shape index (κ2) is 24.2. The van der Waals surface area contributed by atoms with Crippen LogP contribution in [-0.2, 0) is 22.3 Å². The number of fused-ring (bicyclic) bond motifs is 2. The molecule has 6 unspecified atom stereocenters. The van der Waals surface area contributed by atoms with E-state index in [1.54, 1.807) is 14.2 Å². The van der Waals surface area contributed by atoms with Gasteiger partial charge < -0.3 is 78.0 Å². The Bertz CT molecular complexity index is 2240. The quantitative estimate of drug-likeness (QED) is 0.0590. The highest BCUT2D eigenvalue weighted by atomic mass is 35.5. The lowest BCUT2D eigenvalue weighted by molar-refractivity contribution is -0.0570. The van der Waals surface area contributed by atoms with Gasteiger partial charge in [-0.15, -0.1) is 0 Å². The van der Waals surface area contributed by atoms with Crippen LogP contribution >= 0.6 is 23.2 Å². The summed E-state index contributed by atoms with van der Waals surface area (Å²) in [6.07, 6.45) is 9.36. The molecule has 4 aliphatic rings. The summed E-state index contributed by atoms with van der Waals surface area (Å²) in [5, 5.41) is 25.7. The summed E-state index contributed by atoms with van der Waals surface area (Å²) in [5.41, 5.74) is 26.4. The first kappa shape index (κ1) is 52.7. The van der Waals surface area contributed by atoms with Gasteiger partial charge in [0.25, 0.3) is 11.8 Å². The number of likely N-dealkylation sites (tertiary alicyclic amines) is 2. The molecule has 23 heteroatoms. The molecule has 0 spiro atoms. The van der Waals surface area contributed by atoms with E-state index in [0.29, 0.717) is 70.7 Å². The van der Waals surface area contributed by atoms with E-state index in [9.17, 15) is 19.8 Å². The average molecular weight is 1000 g/mol. The number of hydrogen-bond acceptors (Lipinski definition) is 18. The fourth-order valence-corrected chi connectivity index (χ4v) is 10.2. The lowest BCUT2D eigenvalue weighted by Gasteiger charge is -2.43. The number of nitrogen functional groups attached to an aromatic ring is 2. The summed E-state index contributed by atoms with van der Waals surface area (Å²) >= 11 is 12.4. The van der Waals surface area contributed by atoms with Gasteiger partial charge in [-0.25, -0.2) is 9.97 Å². The van der Waals surface area contributed by atoms with Crippen molar-refractivity contribution in [2.45, 2.75) is 75.8 Å². The van der Waals surface area contributed by atoms with Gasteiger partial charge in [0, 0.05) is 87.9 Å². The molecular weight excluding hydrogens is 935 g/mol. The van der Waals surface area contributed by atoms with Gasteiger partial charge in [0.1, 0.15) is 23.7 Å². The standard InChI is InChI=1S/2C23H31ClN6O4.H2O/c2*1-33-18-12-30(9-2-7-27-23-28-8-5-19(31)29-23)10-6-13(18)17-4-3-14-20(25)16(24)11-15(22(26)32)21(14)34-17;/h2*5,8,11,13,17-18H,2-4,6-7,9-10,12,25H2,1H3,(H2,26,32)(H2,27,28,29,31);1H2. The number of benzene rings is 2. The van der Waals surface area contributed by atoms with Gasteiger partial charge in [0.05, 0.1) is 44.8 Å². The van der Waals surface area contributed by atoms with Crippen molar-refractivity contribution in [3.8, 4) is 23.3 Å². The first-order valence-corrected chi connectivity index (χ1v) is 23.7. The van der Waals surface area contributed by atoms with Crippen LogP contribution in [0, 0.1) is 11.8 Å². The van der Waals surface area contributed by atoms with E-state index in [1.165, 1.54) is 36.7 Å². The summed E-state index contributed by atoms with van der Waals surface area (Å²) in [5.74, 6) is 0.861. The predicted octanol–water partition coefficient (Wildman–Crippen LogP) is 3.27. The maximum Gasteiger partial charge on any atom is 0.252 e. The van der Waals surface area contributed by atoms with Crippen LogP contribution in [0.5, 0.6) is 23.3 Å². The number of primary amides is 2. The number of methoxy groups -OCH3 is 2. The van der Waals surface area contributed by atoms with Crippen molar-refractivity contribution < 1.29 is 44.2 Å². The lowest BCUT2D eigenvalue weighted by atomic mass is 9.83. The van der Waals surface area contributed by atoms with E-state index in [4.69, 9.17) is 65.1 Å². The molecule has 2 aromatic heterocycles. The normalized spacial score (nSPS) is 22.3. The lowest BCUT2D eigenvalue weighted by Crippen LogP contribution is -2.51. The van der Waals surface area contributed by atoms with Gasteiger partial charge in [-0.2, -0.15) is 9.97 Å². The number of piperidine rings is 2. The van der Waals surface area contributed by atoms with Gasteiger partial charge in [0.15, 0.2) is 0 Å². The number of aromatic hydroxyl groups is 2. The minimum Gasteiger partial charge on any atom is -0.493 e. The summed E-state index contributed by atoms with van der Waals surface area (Å²) in [4.78, 5) is 44.8. The summed E-state index contributed by atoms with van der Waals surface area (Å²) in [6.45, 7) is 6.62. The molecule has 6 atom stereocenters. The zero-order valence-corrected chi connectivity index (χ0v) is 40.3. The van der Waals surface area contributed by atoms with Gasteiger partial charge in [-0.05, 0) is 89.7 Å². The molecule has 0 bridgehead atoms. The van der Waals surface area contributed by atoms with Crippen LogP contribution in [0.2, 0.25) is 10.0 Å². The first-order chi connectivity index (χ1) is 32.7. The van der Waals surface area contributed by atoms with Gasteiger partial charge >= 0.3 is 0 Å². The highest BCUT2D eigenvalue weighted by Crippen LogP contribution is 2.44. The molecule has 2 saturated heterocycles. The number of anilines is 4. The van der Waals surface area contributed by atoms with Crippen LogP contribution in [0.15, 0.2) is 36.7 Å². The molecule has 21 nitrogen and oxygen atoms in total. The van der Waals surface area contributed by atoms with E-state index in [1.807, 2.05) is 0 Å². The zero-order chi connectivity index (χ0) is 48.5. The molecule has 0 radical (unpaired) electrons. The Morgan fingerprint density at radius 3 is 1.49 bits per heavy atom. The Morgan fingerprint density at radius 2 is 1.13 bits per heavy atom. The van der Waals surface area contributed by atoms with Crippen molar-refractivity contribution in [1.82, 2.24) is 29.7 Å². The number of aromatic nitrogens is 4. The van der Waals surface area contributed by atoms with E-state index in [2.05, 4.69) is 40.4 Å². The third-order valence-corrected chi connectivity index (χ3v) is 13.9. The molecule has 0 aliphatic carbocycles. The van der Waals surface area contributed by atoms with Crippen LogP contribution in [0.3, 0.4) is 0 Å². The Balaban J connectivity index is 0.000000224. The number of carbonyl (C=O) groups is 2. The van der Waals surface area contributed by atoms with Crippen molar-refractivity contribution >= 4 is 58.3 Å². The molecule has 69 heavy (non-hydrogen) atoms. The second-order valence-electron chi connectivity index (χ2n) is 17.5. The highest BCUT2D eigenvalue weighted by molar-refractivity contribution is 6.34. The minimum atomic E-state index is -0.582. The summed E-state index contributed by atoms with van der Waals surface area (Å²) in [6, 6.07) is 5.86. The zero-order valence-electron chi connectivity index (χ0n) is 38.8. The van der Waals surface area contributed by atoms with E-state index in [-0.39, 0.29) is 64.6 Å². The third-order valence-electron chi connectivity index (χ3n) is 13.3. The molecule has 14 N–H and O–H groups in total. The van der Waals surface area contributed by atoms with Crippen LogP contribution in [0.25, 0.3) is 0 Å². The fraction of sp³-hybridized carbons (Fsp3) is 0.522. The summed E-state index contributed by atoms with van der Waals surface area (Å²) in [7, 11) is 3.45. The molecule has 2 aromatic carbocycles. The number of carbonyl (C=O) groups excluding carboxylic acids is 2. The van der Waals surface area contributed by atoms with Crippen LogP contribution in [-0.4, -0.2) is 148 Å².